The van der Waals surface area contributed by atoms with Crippen LogP contribution >= 0.6 is 0 Å². The van der Waals surface area contributed by atoms with E-state index in [9.17, 15) is 9.59 Å². The van der Waals surface area contributed by atoms with Crippen LogP contribution in [-0.2, 0) is 10.2 Å². The minimum absolute atomic E-state index is 0.0692. The normalized spacial score (nSPS) is 15.8. The number of carbonyl (C=O) groups excluding carboxylic acids is 2. The van der Waals surface area contributed by atoms with E-state index in [4.69, 9.17) is 10.3 Å². The van der Waals surface area contributed by atoms with Gasteiger partial charge in [-0.2, -0.15) is 4.98 Å². The molecule has 1 aliphatic rings. The SMILES string of the molecule is C=N/C(=C\C(N)=Nc1ccc(N2CCC(C=O)CC2)cn1)c1ccc([C@@H](C)NC(=O)c2nc(C(C)(C)C)no2)c(C)c1. The Bertz CT molecular complexity index is 1490. The molecule has 11 heteroatoms. The fraction of sp³-hybridized carbons (Fsp3) is 0.387. The molecule has 0 bridgehead atoms. The van der Waals surface area contributed by atoms with Crippen LogP contribution in [-0.4, -0.2) is 53.0 Å². The number of benzene rings is 1. The minimum Gasteiger partial charge on any atom is -0.384 e. The molecular formula is C31H38N8O3. The molecule has 3 heterocycles. The molecule has 4 rings (SSSR count). The molecule has 1 saturated heterocycles. The zero-order chi connectivity index (χ0) is 30.4. The van der Waals surface area contributed by atoms with Crippen molar-refractivity contribution in [1.82, 2.24) is 20.4 Å². The number of pyridine rings is 1. The maximum atomic E-state index is 12.7. The number of aldehydes is 1. The van der Waals surface area contributed by atoms with Crippen molar-refractivity contribution in [2.45, 2.75) is 58.9 Å². The molecule has 3 N–H and O–H groups in total. The van der Waals surface area contributed by atoms with Gasteiger partial charge in [0.2, 0.25) is 0 Å². The highest BCUT2D eigenvalue weighted by Gasteiger charge is 2.25. The van der Waals surface area contributed by atoms with Gasteiger partial charge >= 0.3 is 11.8 Å². The molecule has 1 amide bonds. The Kier molecular flexibility index (Phi) is 9.29. The van der Waals surface area contributed by atoms with Gasteiger partial charge in [-0.25, -0.2) is 9.98 Å². The molecule has 1 aliphatic heterocycles. The van der Waals surface area contributed by atoms with Crippen molar-refractivity contribution in [3.05, 3.63) is 71.0 Å². The van der Waals surface area contributed by atoms with Gasteiger partial charge in [-0.1, -0.05) is 38.1 Å². The van der Waals surface area contributed by atoms with Crippen LogP contribution in [0.3, 0.4) is 0 Å². The smallest absolute Gasteiger partial charge is 0.315 e. The van der Waals surface area contributed by atoms with E-state index in [1.54, 1.807) is 12.3 Å². The lowest BCUT2D eigenvalue weighted by Gasteiger charge is -2.31. The zero-order valence-electron chi connectivity index (χ0n) is 24.8. The lowest BCUT2D eigenvalue weighted by molar-refractivity contribution is -0.111. The van der Waals surface area contributed by atoms with E-state index in [-0.39, 0.29) is 29.1 Å². The van der Waals surface area contributed by atoms with E-state index in [1.165, 1.54) is 0 Å². The third-order valence-corrected chi connectivity index (χ3v) is 7.20. The first-order valence-corrected chi connectivity index (χ1v) is 13.9. The number of nitrogens with two attached hydrogens (primary N) is 1. The van der Waals surface area contributed by atoms with Gasteiger partial charge in [0, 0.05) is 36.1 Å². The van der Waals surface area contributed by atoms with Crippen LogP contribution in [0, 0.1) is 12.8 Å². The lowest BCUT2D eigenvalue weighted by atomic mass is 9.96. The largest absolute Gasteiger partial charge is 0.384 e. The summed E-state index contributed by atoms with van der Waals surface area (Å²) in [5, 5.41) is 6.84. The van der Waals surface area contributed by atoms with Crippen LogP contribution in [0.1, 0.15) is 79.8 Å². The number of piperidine rings is 1. The number of nitrogens with one attached hydrogen (secondary N) is 1. The predicted molar refractivity (Wildman–Crippen MR) is 164 cm³/mol. The molecule has 1 atom stereocenters. The van der Waals surface area contributed by atoms with Crippen molar-refractivity contribution in [1.29, 1.82) is 0 Å². The molecule has 0 unspecified atom stereocenters. The monoisotopic (exact) mass is 570 g/mol. The highest BCUT2D eigenvalue weighted by Crippen LogP contribution is 2.26. The summed E-state index contributed by atoms with van der Waals surface area (Å²) in [4.78, 5) is 43.2. The third kappa shape index (κ3) is 7.34. The number of hydrogen-bond donors (Lipinski definition) is 2. The molecule has 220 valence electrons. The van der Waals surface area contributed by atoms with Crippen molar-refractivity contribution >= 4 is 41.9 Å². The Morgan fingerprint density at radius 1 is 1.24 bits per heavy atom. The van der Waals surface area contributed by atoms with Gasteiger partial charge in [0.1, 0.15) is 12.1 Å². The first-order valence-electron chi connectivity index (χ1n) is 13.9. The van der Waals surface area contributed by atoms with Gasteiger partial charge < -0.3 is 25.3 Å². The molecule has 3 aromatic rings. The summed E-state index contributed by atoms with van der Waals surface area (Å²) >= 11 is 0. The van der Waals surface area contributed by atoms with Gasteiger partial charge in [-0.05, 0) is 62.7 Å². The summed E-state index contributed by atoms with van der Waals surface area (Å²) in [6.07, 6.45) is 6.17. The molecular weight excluding hydrogens is 532 g/mol. The van der Waals surface area contributed by atoms with Gasteiger partial charge in [0.25, 0.3) is 0 Å². The second-order valence-corrected chi connectivity index (χ2v) is 11.5. The topological polar surface area (TPSA) is 152 Å². The molecule has 0 spiro atoms. The summed E-state index contributed by atoms with van der Waals surface area (Å²) in [5.41, 5.74) is 10.1. The lowest BCUT2D eigenvalue weighted by Crippen LogP contribution is -2.34. The highest BCUT2D eigenvalue weighted by atomic mass is 16.5. The Balaban J connectivity index is 1.43. The van der Waals surface area contributed by atoms with Gasteiger partial charge in [-0.3, -0.25) is 9.79 Å². The third-order valence-electron chi connectivity index (χ3n) is 7.20. The minimum atomic E-state index is -0.435. The number of amidine groups is 1. The van der Waals surface area contributed by atoms with Crippen molar-refractivity contribution in [3.8, 4) is 0 Å². The number of nitrogens with zero attached hydrogens (tertiary/aromatic N) is 6. The van der Waals surface area contributed by atoms with Crippen LogP contribution in [0.4, 0.5) is 11.5 Å². The average molecular weight is 571 g/mol. The second-order valence-electron chi connectivity index (χ2n) is 11.5. The summed E-state index contributed by atoms with van der Waals surface area (Å²) < 4.78 is 5.17. The zero-order valence-corrected chi connectivity index (χ0v) is 24.8. The molecule has 42 heavy (non-hydrogen) atoms. The van der Waals surface area contributed by atoms with Crippen LogP contribution in [0.15, 0.2) is 57.1 Å². The first-order chi connectivity index (χ1) is 20.0. The van der Waals surface area contributed by atoms with E-state index in [0.29, 0.717) is 17.3 Å². The maximum absolute atomic E-state index is 12.7. The fourth-order valence-corrected chi connectivity index (χ4v) is 4.73. The quantitative estimate of drug-likeness (QED) is 0.213. The number of rotatable bonds is 9. The van der Waals surface area contributed by atoms with Gasteiger partial charge in [-0.15, -0.1) is 0 Å². The molecule has 0 saturated carbocycles. The number of aliphatic imine (C=N–C) groups is 2. The van der Waals surface area contributed by atoms with Crippen LogP contribution in [0.2, 0.25) is 0 Å². The summed E-state index contributed by atoms with van der Waals surface area (Å²) in [5.74, 6) is 0.827. The number of aryl methyl sites for hydroxylation is 1. The molecule has 1 aromatic carbocycles. The van der Waals surface area contributed by atoms with Gasteiger partial charge in [0.15, 0.2) is 11.6 Å². The van der Waals surface area contributed by atoms with Crippen molar-refractivity contribution in [2.75, 3.05) is 18.0 Å². The van der Waals surface area contributed by atoms with Crippen molar-refractivity contribution in [2.24, 2.45) is 21.6 Å². The van der Waals surface area contributed by atoms with Crippen LogP contribution < -0.4 is 16.0 Å². The first kappa shape index (κ1) is 30.3. The molecule has 2 aromatic heterocycles. The van der Waals surface area contributed by atoms with Crippen molar-refractivity contribution in [3.63, 3.8) is 0 Å². The average Bonchev–Trinajstić information content (AvgIpc) is 3.48. The summed E-state index contributed by atoms with van der Waals surface area (Å²) in [6.45, 7) is 15.0. The van der Waals surface area contributed by atoms with E-state index in [2.05, 4.69) is 42.0 Å². The Labute approximate surface area is 246 Å². The Morgan fingerprint density at radius 3 is 2.55 bits per heavy atom. The van der Waals surface area contributed by atoms with E-state index < -0.39 is 5.91 Å². The molecule has 0 radical (unpaired) electrons. The van der Waals surface area contributed by atoms with Crippen LogP contribution in [0.5, 0.6) is 0 Å². The maximum Gasteiger partial charge on any atom is 0.315 e. The molecule has 0 aliphatic carbocycles. The van der Waals surface area contributed by atoms with E-state index in [0.717, 1.165) is 54.6 Å². The second kappa shape index (κ2) is 12.9. The van der Waals surface area contributed by atoms with Gasteiger partial charge in [0.05, 0.1) is 23.6 Å². The van der Waals surface area contributed by atoms with Crippen LogP contribution in [0.25, 0.3) is 5.70 Å². The highest BCUT2D eigenvalue weighted by molar-refractivity contribution is 5.99. The number of hydrogen-bond acceptors (Lipinski definition) is 9. The fourth-order valence-electron chi connectivity index (χ4n) is 4.73. The number of anilines is 1. The molecule has 11 nitrogen and oxygen atoms in total. The number of amides is 1. The van der Waals surface area contributed by atoms with E-state index >= 15 is 0 Å². The predicted octanol–water partition coefficient (Wildman–Crippen LogP) is 4.71. The summed E-state index contributed by atoms with van der Waals surface area (Å²) in [7, 11) is 0. The Hall–Kier alpha value is -4.67. The molecule has 1 fully saturated rings. The standard InChI is InChI=1S/C31H38N8O3/c1-19-15-22(7-9-24(19)20(2)35-28(41)29-37-30(38-42-29)31(3,4)5)25(33-6)16-26(32)36-27-10-8-23(17-34-27)39-13-11-21(18-40)12-14-39/h7-10,15-18,20-21H,6,11-14H2,1-5H3,(H,35,41)(H2,32,34,36)/b25-16-/t20-/m1/s1. The van der Waals surface area contributed by atoms with Crippen molar-refractivity contribution < 1.29 is 14.1 Å². The summed E-state index contributed by atoms with van der Waals surface area (Å²) in [6, 6.07) is 9.24. The number of carbonyl (C=O) groups is 2. The van der Waals surface area contributed by atoms with E-state index in [1.807, 2.05) is 65.0 Å². The Morgan fingerprint density at radius 2 is 1.98 bits per heavy atom. The number of aromatic nitrogens is 3.